The lowest BCUT2D eigenvalue weighted by Gasteiger charge is -2.48. The first-order valence-corrected chi connectivity index (χ1v) is 12.9. The van der Waals surface area contributed by atoms with Gasteiger partial charge in [-0.15, -0.1) is 0 Å². The van der Waals surface area contributed by atoms with E-state index in [1.54, 1.807) is 12.1 Å². The van der Waals surface area contributed by atoms with Crippen LogP contribution in [0.25, 0.3) is 0 Å². The average Bonchev–Trinajstić information content (AvgIpc) is 3.17. The van der Waals surface area contributed by atoms with E-state index in [1.165, 1.54) is 61.9 Å². The number of nitrogens with one attached hydrogen (secondary N) is 1. The first kappa shape index (κ1) is 20.7. The number of rotatable bonds is 5. The van der Waals surface area contributed by atoms with Crippen LogP contribution < -0.4 is 9.62 Å². The number of sulfonamides is 1. The number of nitrogens with zero attached hydrogens (tertiary/aromatic N) is 2. The van der Waals surface area contributed by atoms with E-state index < -0.39 is 10.0 Å². The summed E-state index contributed by atoms with van der Waals surface area (Å²) < 4.78 is 25.3. The van der Waals surface area contributed by atoms with E-state index in [-0.39, 0.29) is 11.4 Å². The molecule has 29 heavy (non-hydrogen) atoms. The van der Waals surface area contributed by atoms with Gasteiger partial charge in [-0.25, -0.2) is 8.42 Å². The van der Waals surface area contributed by atoms with Gasteiger partial charge >= 0.3 is 0 Å². The molecule has 0 atom stereocenters. The van der Waals surface area contributed by atoms with Crippen molar-refractivity contribution in [2.24, 2.45) is 0 Å². The summed E-state index contributed by atoms with van der Waals surface area (Å²) in [4.78, 5) is 15.6. The number of amides is 1. The van der Waals surface area contributed by atoms with Crippen molar-refractivity contribution in [3.05, 3.63) is 29.3 Å². The summed E-state index contributed by atoms with van der Waals surface area (Å²) in [6.45, 7) is 3.46. The average molecular weight is 420 g/mol. The Morgan fingerprint density at radius 1 is 1.03 bits per heavy atom. The zero-order valence-corrected chi connectivity index (χ0v) is 18.3. The normalized spacial score (nSPS) is 22.3. The van der Waals surface area contributed by atoms with Crippen molar-refractivity contribution in [3.8, 4) is 0 Å². The van der Waals surface area contributed by atoms with Gasteiger partial charge in [-0.3, -0.25) is 14.0 Å². The molecule has 0 radical (unpaired) electrons. The molecule has 2 aliphatic heterocycles. The number of anilines is 1. The summed E-state index contributed by atoms with van der Waals surface area (Å²) in [7, 11) is -3.27. The number of fused-ring (bicyclic) bond motifs is 1. The Hall–Kier alpha value is -1.60. The van der Waals surface area contributed by atoms with Crippen molar-refractivity contribution < 1.29 is 13.2 Å². The van der Waals surface area contributed by atoms with E-state index in [0.717, 1.165) is 18.7 Å². The Morgan fingerprint density at radius 3 is 2.41 bits per heavy atom. The zero-order valence-electron chi connectivity index (χ0n) is 17.5. The molecule has 0 unspecified atom stereocenters. The van der Waals surface area contributed by atoms with Crippen LogP contribution in [0.3, 0.4) is 0 Å². The Morgan fingerprint density at radius 2 is 1.72 bits per heavy atom. The smallest absolute Gasteiger partial charge is 0.251 e. The fraction of sp³-hybridized carbons (Fsp3) is 0.682. The van der Waals surface area contributed by atoms with Gasteiger partial charge in [-0.1, -0.05) is 25.7 Å². The van der Waals surface area contributed by atoms with Crippen molar-refractivity contribution in [2.75, 3.05) is 36.7 Å². The third kappa shape index (κ3) is 4.31. The molecule has 2 fully saturated rings. The van der Waals surface area contributed by atoms with Gasteiger partial charge in [0.2, 0.25) is 10.0 Å². The molecule has 1 saturated heterocycles. The molecule has 3 aliphatic rings. The number of carbonyl (C=O) groups is 1. The molecule has 7 heteroatoms. The van der Waals surface area contributed by atoms with Crippen LogP contribution in [0.1, 0.15) is 67.3 Å². The molecule has 1 aromatic rings. The van der Waals surface area contributed by atoms with Gasteiger partial charge in [0.05, 0.1) is 11.9 Å². The highest BCUT2D eigenvalue weighted by Crippen LogP contribution is 2.35. The third-order valence-electron chi connectivity index (χ3n) is 6.98. The predicted octanol–water partition coefficient (Wildman–Crippen LogP) is 2.93. The number of hydrogen-bond acceptors (Lipinski definition) is 4. The van der Waals surface area contributed by atoms with Crippen molar-refractivity contribution in [3.63, 3.8) is 0 Å². The Kier molecular flexibility index (Phi) is 5.89. The highest BCUT2D eigenvalue weighted by molar-refractivity contribution is 7.92. The predicted molar refractivity (Wildman–Crippen MR) is 116 cm³/mol. The molecule has 2 heterocycles. The van der Waals surface area contributed by atoms with Crippen LogP contribution >= 0.6 is 0 Å². The monoisotopic (exact) mass is 419 g/mol. The zero-order chi connectivity index (χ0) is 20.5. The SMILES string of the molecule is CS(=O)(=O)N1CCc2cc(C(=O)NCC3(N4CCCCC4)CCCCC3)ccc21. The highest BCUT2D eigenvalue weighted by atomic mass is 32.2. The minimum Gasteiger partial charge on any atom is -0.350 e. The van der Waals surface area contributed by atoms with E-state index in [1.807, 2.05) is 6.07 Å². The minimum absolute atomic E-state index is 0.0486. The Labute approximate surface area is 174 Å². The maximum Gasteiger partial charge on any atom is 0.251 e. The van der Waals surface area contributed by atoms with Gasteiger partial charge in [-0.2, -0.15) is 0 Å². The number of carbonyl (C=O) groups excluding carboxylic acids is 1. The largest absolute Gasteiger partial charge is 0.350 e. The van der Waals surface area contributed by atoms with E-state index in [2.05, 4.69) is 10.2 Å². The summed E-state index contributed by atoms with van der Waals surface area (Å²) in [6.07, 6.45) is 11.8. The number of hydrogen-bond donors (Lipinski definition) is 1. The molecule has 1 saturated carbocycles. The molecule has 0 spiro atoms. The van der Waals surface area contributed by atoms with E-state index in [4.69, 9.17) is 0 Å². The summed E-state index contributed by atoms with van der Waals surface area (Å²) in [5.74, 6) is -0.0486. The fourth-order valence-electron chi connectivity index (χ4n) is 5.39. The van der Waals surface area contributed by atoms with Crippen molar-refractivity contribution in [2.45, 2.75) is 63.3 Å². The maximum absolute atomic E-state index is 12.9. The first-order chi connectivity index (χ1) is 13.9. The lowest BCUT2D eigenvalue weighted by Crippen LogP contribution is -2.58. The Balaban J connectivity index is 1.46. The van der Waals surface area contributed by atoms with Gasteiger partial charge in [0.15, 0.2) is 0 Å². The highest BCUT2D eigenvalue weighted by Gasteiger charge is 2.38. The molecule has 1 amide bonds. The molecule has 1 N–H and O–H groups in total. The maximum atomic E-state index is 12.9. The van der Waals surface area contributed by atoms with Crippen LogP contribution in [-0.4, -0.2) is 57.2 Å². The van der Waals surface area contributed by atoms with Crippen molar-refractivity contribution in [1.82, 2.24) is 10.2 Å². The van der Waals surface area contributed by atoms with E-state index >= 15 is 0 Å². The van der Waals surface area contributed by atoms with Crippen LogP contribution in [-0.2, 0) is 16.4 Å². The van der Waals surface area contributed by atoms with Crippen molar-refractivity contribution >= 4 is 21.6 Å². The number of likely N-dealkylation sites (tertiary alicyclic amines) is 1. The fourth-order valence-corrected chi connectivity index (χ4v) is 6.35. The van der Waals surface area contributed by atoms with Crippen LogP contribution in [0.2, 0.25) is 0 Å². The minimum atomic E-state index is -3.27. The Bertz CT molecular complexity index is 856. The summed E-state index contributed by atoms with van der Waals surface area (Å²) in [5, 5.41) is 3.23. The molecule has 6 nitrogen and oxygen atoms in total. The summed E-state index contributed by atoms with van der Waals surface area (Å²) in [5.41, 5.74) is 2.38. The van der Waals surface area contributed by atoms with Crippen molar-refractivity contribution in [1.29, 1.82) is 0 Å². The second kappa shape index (κ2) is 8.26. The van der Waals surface area contributed by atoms with Gasteiger partial charge in [0, 0.05) is 24.2 Å². The second-order valence-electron chi connectivity index (χ2n) is 8.94. The third-order valence-corrected chi connectivity index (χ3v) is 8.16. The number of benzene rings is 1. The van der Waals surface area contributed by atoms with Gasteiger partial charge in [0.25, 0.3) is 5.91 Å². The molecular formula is C22H33N3O3S. The first-order valence-electron chi connectivity index (χ1n) is 11.0. The number of piperidine rings is 1. The molecule has 1 aromatic carbocycles. The second-order valence-corrected chi connectivity index (χ2v) is 10.9. The topological polar surface area (TPSA) is 69.7 Å². The van der Waals surface area contributed by atoms with Crippen LogP contribution in [0, 0.1) is 0 Å². The standard InChI is InChI=1S/C22H33N3O3S/c1-29(27,28)25-15-10-18-16-19(8-9-20(18)25)21(26)23-17-22(11-4-2-5-12-22)24-13-6-3-7-14-24/h8-9,16H,2-7,10-15,17H2,1H3,(H,23,26). The van der Waals surface area contributed by atoms with E-state index in [9.17, 15) is 13.2 Å². The van der Waals surface area contributed by atoms with E-state index in [0.29, 0.717) is 30.8 Å². The van der Waals surface area contributed by atoms with Gasteiger partial charge in [-0.05, 0) is 69.0 Å². The lowest BCUT2D eigenvalue weighted by atomic mass is 9.79. The quantitative estimate of drug-likeness (QED) is 0.797. The lowest BCUT2D eigenvalue weighted by molar-refractivity contribution is 0.0326. The van der Waals surface area contributed by atoms with Crippen LogP contribution in [0.15, 0.2) is 18.2 Å². The van der Waals surface area contributed by atoms with Gasteiger partial charge < -0.3 is 5.32 Å². The van der Waals surface area contributed by atoms with Crippen LogP contribution in [0.4, 0.5) is 5.69 Å². The summed E-state index contributed by atoms with van der Waals surface area (Å²) >= 11 is 0. The molecule has 0 bridgehead atoms. The molecule has 1 aliphatic carbocycles. The molecular weight excluding hydrogens is 386 g/mol. The summed E-state index contributed by atoms with van der Waals surface area (Å²) in [6, 6.07) is 5.40. The van der Waals surface area contributed by atoms with Crippen LogP contribution in [0.5, 0.6) is 0 Å². The molecule has 0 aromatic heterocycles. The molecule has 4 rings (SSSR count). The molecule has 160 valence electrons. The van der Waals surface area contributed by atoms with Gasteiger partial charge in [0.1, 0.15) is 0 Å².